The Labute approximate surface area is 320 Å². The van der Waals surface area contributed by atoms with Crippen LogP contribution in [0.2, 0.25) is 0 Å². The molecule has 0 fully saturated rings. The van der Waals surface area contributed by atoms with Gasteiger partial charge in [0.05, 0.1) is 0 Å². The monoisotopic (exact) mass is 712 g/mol. The van der Waals surface area contributed by atoms with Gasteiger partial charge in [0, 0.05) is 55.7 Å². The maximum Gasteiger partial charge on any atom is 0.135 e. The smallest absolute Gasteiger partial charge is 0.135 e. The lowest BCUT2D eigenvalue weighted by molar-refractivity contribution is 0.668. The van der Waals surface area contributed by atoms with Gasteiger partial charge in [-0.15, -0.1) is 0 Å². The van der Waals surface area contributed by atoms with Crippen molar-refractivity contribution in [1.29, 1.82) is 0 Å². The van der Waals surface area contributed by atoms with E-state index in [2.05, 4.69) is 196 Å². The zero-order valence-electron chi connectivity index (χ0n) is 31.6. The zero-order chi connectivity index (χ0) is 37.4. The van der Waals surface area contributed by atoms with Crippen molar-refractivity contribution in [2.45, 2.75) is 34.6 Å². The van der Waals surface area contributed by atoms with Crippen molar-refractivity contribution in [2.24, 2.45) is 0 Å². The van der Waals surface area contributed by atoms with E-state index in [1.807, 2.05) is 0 Å². The Balaban J connectivity index is 1.18. The van der Waals surface area contributed by atoms with Crippen LogP contribution in [0.1, 0.15) is 27.8 Å². The number of rotatable bonds is 6. The fourth-order valence-corrected chi connectivity index (χ4v) is 8.33. The van der Waals surface area contributed by atoms with E-state index in [1.54, 1.807) is 0 Å². The third kappa shape index (κ3) is 5.61. The molecule has 0 N–H and O–H groups in total. The molecule has 0 unspecified atom stereocenters. The van der Waals surface area contributed by atoms with Crippen LogP contribution in [-0.4, -0.2) is 0 Å². The number of benzene rings is 8. The summed E-state index contributed by atoms with van der Waals surface area (Å²) in [5.41, 5.74) is 16.2. The summed E-state index contributed by atoms with van der Waals surface area (Å²) in [6.45, 7) is 10.8. The Kier molecular flexibility index (Phi) is 7.57. The van der Waals surface area contributed by atoms with Gasteiger partial charge in [-0.3, -0.25) is 0 Å². The van der Waals surface area contributed by atoms with Crippen molar-refractivity contribution in [1.82, 2.24) is 0 Å². The second-order valence-corrected chi connectivity index (χ2v) is 15.0. The quantitative estimate of drug-likeness (QED) is 0.172. The standard InChI is InChI=1S/C51H40N2O2/c1-31-10-18-46(34(4)24-31)53(47-19-11-32(2)25-35(47)5)41-17-23-51-45(30-41)44-29-40(16-22-50(44)55-51)52(38-14-13-36-8-6-7-9-37(36)27-38)39-15-21-49-43(28-39)42-26-33(3)12-20-48(42)54-49/h6-30H,1-5H3. The SMILES string of the molecule is Cc1ccc(N(c2ccc3oc4ccc(N(c5ccc6ccccc6c5)c5ccc6oc7ccc(C)cc7c6c5)cc4c3c2)c2ccc(C)cc2C)c(C)c1. The molecule has 0 atom stereocenters. The maximum absolute atomic E-state index is 6.54. The molecule has 8 aromatic carbocycles. The van der Waals surface area contributed by atoms with Gasteiger partial charge in [0.2, 0.25) is 0 Å². The van der Waals surface area contributed by atoms with Crippen LogP contribution in [0.15, 0.2) is 160 Å². The van der Waals surface area contributed by atoms with Gasteiger partial charge in [-0.1, -0.05) is 77.4 Å². The normalized spacial score (nSPS) is 11.7. The first-order valence-electron chi connectivity index (χ1n) is 18.9. The molecular formula is C51H40N2O2. The predicted octanol–water partition coefficient (Wildman–Crippen LogP) is 15.1. The van der Waals surface area contributed by atoms with E-state index in [1.165, 1.54) is 38.6 Å². The van der Waals surface area contributed by atoms with E-state index in [9.17, 15) is 0 Å². The summed E-state index contributed by atoms with van der Waals surface area (Å²) in [5, 5.41) is 6.74. The fraction of sp³-hybridized carbons (Fsp3) is 0.0980. The van der Waals surface area contributed by atoms with Gasteiger partial charge >= 0.3 is 0 Å². The Hall–Kier alpha value is -6.78. The van der Waals surface area contributed by atoms with Crippen molar-refractivity contribution in [3.63, 3.8) is 0 Å². The second-order valence-electron chi connectivity index (χ2n) is 15.0. The van der Waals surface area contributed by atoms with Crippen molar-refractivity contribution in [3.05, 3.63) is 179 Å². The molecule has 0 amide bonds. The van der Waals surface area contributed by atoms with Gasteiger partial charge in [-0.25, -0.2) is 0 Å². The minimum absolute atomic E-state index is 0.853. The van der Waals surface area contributed by atoms with E-state index < -0.39 is 0 Å². The molecule has 0 bridgehead atoms. The number of aryl methyl sites for hydroxylation is 5. The zero-order valence-corrected chi connectivity index (χ0v) is 31.6. The topological polar surface area (TPSA) is 32.8 Å². The molecule has 0 radical (unpaired) electrons. The first kappa shape index (κ1) is 32.8. The van der Waals surface area contributed by atoms with Crippen LogP contribution in [0, 0.1) is 34.6 Å². The third-order valence-electron chi connectivity index (χ3n) is 11.0. The van der Waals surface area contributed by atoms with Crippen LogP contribution in [0.5, 0.6) is 0 Å². The van der Waals surface area contributed by atoms with Gasteiger partial charge in [0.15, 0.2) is 0 Å². The summed E-state index contributed by atoms with van der Waals surface area (Å²) in [7, 11) is 0. The van der Waals surface area contributed by atoms with Crippen molar-refractivity contribution in [3.8, 4) is 0 Å². The molecule has 0 saturated heterocycles. The largest absolute Gasteiger partial charge is 0.456 e. The van der Waals surface area contributed by atoms with Gasteiger partial charge < -0.3 is 18.6 Å². The highest BCUT2D eigenvalue weighted by Crippen LogP contribution is 2.44. The van der Waals surface area contributed by atoms with Crippen LogP contribution in [-0.2, 0) is 0 Å². The number of furan rings is 2. The Morgan fingerprint density at radius 3 is 1.25 bits per heavy atom. The van der Waals surface area contributed by atoms with E-state index in [0.717, 1.165) is 78.0 Å². The lowest BCUT2D eigenvalue weighted by Crippen LogP contribution is -2.13. The Morgan fingerprint density at radius 2 is 0.727 bits per heavy atom. The van der Waals surface area contributed by atoms with Gasteiger partial charge in [0.25, 0.3) is 0 Å². The van der Waals surface area contributed by atoms with Crippen molar-refractivity contribution >= 4 is 88.8 Å². The highest BCUT2D eigenvalue weighted by molar-refractivity contribution is 6.10. The molecule has 55 heavy (non-hydrogen) atoms. The van der Waals surface area contributed by atoms with Gasteiger partial charge in [-0.2, -0.15) is 0 Å². The van der Waals surface area contributed by atoms with Gasteiger partial charge in [-0.05, 0) is 148 Å². The highest BCUT2D eigenvalue weighted by atomic mass is 16.3. The average molecular weight is 713 g/mol. The minimum atomic E-state index is 0.853. The maximum atomic E-state index is 6.54. The number of anilines is 6. The summed E-state index contributed by atoms with van der Waals surface area (Å²) in [6.07, 6.45) is 0. The van der Waals surface area contributed by atoms with Crippen LogP contribution in [0.4, 0.5) is 34.1 Å². The molecule has 0 aliphatic heterocycles. The lowest BCUT2D eigenvalue weighted by atomic mass is 10.0. The van der Waals surface area contributed by atoms with Crippen LogP contribution >= 0.6 is 0 Å². The van der Waals surface area contributed by atoms with E-state index >= 15 is 0 Å². The summed E-state index contributed by atoms with van der Waals surface area (Å²) >= 11 is 0. The molecule has 4 heteroatoms. The molecule has 10 aromatic rings. The molecule has 0 saturated carbocycles. The molecular weight excluding hydrogens is 673 g/mol. The minimum Gasteiger partial charge on any atom is -0.456 e. The first-order valence-corrected chi connectivity index (χ1v) is 18.9. The van der Waals surface area contributed by atoms with E-state index in [4.69, 9.17) is 8.83 Å². The number of hydrogen-bond donors (Lipinski definition) is 0. The van der Waals surface area contributed by atoms with E-state index in [-0.39, 0.29) is 0 Å². The molecule has 2 aromatic heterocycles. The van der Waals surface area contributed by atoms with Crippen LogP contribution in [0.25, 0.3) is 54.6 Å². The molecule has 10 rings (SSSR count). The van der Waals surface area contributed by atoms with Crippen molar-refractivity contribution in [2.75, 3.05) is 9.80 Å². The summed E-state index contributed by atoms with van der Waals surface area (Å²) in [6, 6.07) is 54.7. The number of nitrogens with zero attached hydrogens (tertiary/aromatic N) is 2. The summed E-state index contributed by atoms with van der Waals surface area (Å²) < 4.78 is 12.8. The first-order chi connectivity index (χ1) is 26.8. The fourth-order valence-electron chi connectivity index (χ4n) is 8.33. The van der Waals surface area contributed by atoms with Gasteiger partial charge in [0.1, 0.15) is 22.3 Å². The van der Waals surface area contributed by atoms with Crippen LogP contribution < -0.4 is 9.80 Å². The summed E-state index contributed by atoms with van der Waals surface area (Å²) in [4.78, 5) is 4.74. The predicted molar refractivity (Wildman–Crippen MR) is 232 cm³/mol. The average Bonchev–Trinajstić information content (AvgIpc) is 3.73. The Morgan fingerprint density at radius 1 is 0.327 bits per heavy atom. The summed E-state index contributed by atoms with van der Waals surface area (Å²) in [5.74, 6) is 0. The molecule has 0 aliphatic rings. The highest BCUT2D eigenvalue weighted by Gasteiger charge is 2.21. The molecule has 2 heterocycles. The number of hydrogen-bond acceptors (Lipinski definition) is 4. The van der Waals surface area contributed by atoms with Crippen LogP contribution in [0.3, 0.4) is 0 Å². The van der Waals surface area contributed by atoms with E-state index in [0.29, 0.717) is 0 Å². The molecule has 266 valence electrons. The molecule has 0 aliphatic carbocycles. The van der Waals surface area contributed by atoms with Crippen molar-refractivity contribution < 1.29 is 8.83 Å². The number of fused-ring (bicyclic) bond motifs is 7. The third-order valence-corrected chi connectivity index (χ3v) is 11.0. The molecule has 0 spiro atoms. The second kappa shape index (κ2) is 12.7. The molecule has 4 nitrogen and oxygen atoms in total. The lowest BCUT2D eigenvalue weighted by Gasteiger charge is -2.29. The Bertz CT molecular complexity index is 3080.